The Hall–Kier alpha value is -3.15. The number of hydrogen-bond acceptors (Lipinski definition) is 3. The average molecular weight is 379 g/mol. The molecule has 28 heavy (non-hydrogen) atoms. The molecule has 6 heteroatoms. The van der Waals surface area contributed by atoms with E-state index in [1.165, 1.54) is 0 Å². The lowest BCUT2D eigenvalue weighted by Crippen LogP contribution is -2.48. The van der Waals surface area contributed by atoms with E-state index in [9.17, 15) is 14.4 Å². The molecule has 0 aromatic heterocycles. The predicted molar refractivity (Wildman–Crippen MR) is 109 cm³/mol. The van der Waals surface area contributed by atoms with Crippen molar-refractivity contribution in [2.45, 2.75) is 13.8 Å². The monoisotopic (exact) mass is 379 g/mol. The van der Waals surface area contributed by atoms with E-state index in [-0.39, 0.29) is 11.8 Å². The van der Waals surface area contributed by atoms with E-state index in [0.717, 1.165) is 17.7 Å². The molecule has 0 unspecified atom stereocenters. The van der Waals surface area contributed by atoms with E-state index in [1.54, 1.807) is 39.0 Å². The van der Waals surface area contributed by atoms with E-state index in [0.29, 0.717) is 43.9 Å². The molecule has 0 bridgehead atoms. The van der Waals surface area contributed by atoms with Crippen LogP contribution in [0.1, 0.15) is 33.2 Å². The summed E-state index contributed by atoms with van der Waals surface area (Å²) in [4.78, 5) is 41.5. The summed E-state index contributed by atoms with van der Waals surface area (Å²) in [5, 5.41) is 0. The van der Waals surface area contributed by atoms with Gasteiger partial charge in [0.2, 0.25) is 6.41 Å². The molecule has 3 rings (SSSR count). The first-order valence-electron chi connectivity index (χ1n) is 9.50. The van der Waals surface area contributed by atoms with Gasteiger partial charge in [0.25, 0.3) is 11.8 Å². The number of hydrogen-bond donors (Lipinski definition) is 0. The van der Waals surface area contributed by atoms with Gasteiger partial charge >= 0.3 is 0 Å². The topological polar surface area (TPSA) is 60.9 Å². The van der Waals surface area contributed by atoms with Crippen molar-refractivity contribution in [3.8, 4) is 0 Å². The highest BCUT2D eigenvalue weighted by atomic mass is 16.2. The van der Waals surface area contributed by atoms with Crippen molar-refractivity contribution in [1.29, 1.82) is 0 Å². The van der Waals surface area contributed by atoms with Crippen molar-refractivity contribution < 1.29 is 14.4 Å². The number of nitrogens with zero attached hydrogens (tertiary/aromatic N) is 3. The van der Waals surface area contributed by atoms with E-state index < -0.39 is 0 Å². The van der Waals surface area contributed by atoms with Gasteiger partial charge in [-0.05, 0) is 55.8 Å². The van der Waals surface area contributed by atoms with Crippen LogP contribution in [0.3, 0.4) is 0 Å². The SMILES string of the molecule is CCN(C(=O)c1ccc(C(=O)N2CCN(C=O)CC2)cc1)c1cccc(C)c1. The minimum Gasteiger partial charge on any atom is -0.342 e. The number of rotatable bonds is 5. The third-order valence-electron chi connectivity index (χ3n) is 5.00. The quantitative estimate of drug-likeness (QED) is 0.750. The van der Waals surface area contributed by atoms with Crippen LogP contribution in [0.5, 0.6) is 0 Å². The summed E-state index contributed by atoms with van der Waals surface area (Å²) in [6.45, 7) is 6.64. The van der Waals surface area contributed by atoms with Gasteiger partial charge in [0.05, 0.1) is 0 Å². The Morgan fingerprint density at radius 1 is 1.00 bits per heavy atom. The fourth-order valence-corrected chi connectivity index (χ4v) is 3.36. The molecule has 3 amide bonds. The zero-order chi connectivity index (χ0) is 20.1. The minimum absolute atomic E-state index is 0.0735. The van der Waals surface area contributed by atoms with Gasteiger partial charge < -0.3 is 14.7 Å². The molecule has 146 valence electrons. The van der Waals surface area contributed by atoms with Gasteiger partial charge in [-0.3, -0.25) is 14.4 Å². The van der Waals surface area contributed by atoms with Gasteiger partial charge in [0.1, 0.15) is 0 Å². The van der Waals surface area contributed by atoms with Crippen LogP contribution in [0.15, 0.2) is 48.5 Å². The second kappa shape index (κ2) is 8.69. The Balaban J connectivity index is 1.72. The van der Waals surface area contributed by atoms with Crippen LogP contribution in [0.2, 0.25) is 0 Å². The fourth-order valence-electron chi connectivity index (χ4n) is 3.36. The highest BCUT2D eigenvalue weighted by Crippen LogP contribution is 2.19. The van der Waals surface area contributed by atoms with Crippen LogP contribution in [0, 0.1) is 6.92 Å². The molecule has 2 aromatic carbocycles. The second-order valence-electron chi connectivity index (χ2n) is 6.90. The average Bonchev–Trinajstić information content (AvgIpc) is 2.74. The van der Waals surface area contributed by atoms with Gasteiger partial charge in [-0.15, -0.1) is 0 Å². The zero-order valence-corrected chi connectivity index (χ0v) is 16.3. The first kappa shape index (κ1) is 19.6. The minimum atomic E-state index is -0.0910. The number of carbonyl (C=O) groups is 3. The fraction of sp³-hybridized carbons (Fsp3) is 0.318. The number of amides is 3. The Morgan fingerprint density at radius 2 is 1.64 bits per heavy atom. The Labute approximate surface area is 165 Å². The normalized spacial score (nSPS) is 13.9. The van der Waals surface area contributed by atoms with Gasteiger partial charge in [-0.1, -0.05) is 12.1 Å². The van der Waals surface area contributed by atoms with Gasteiger partial charge in [-0.2, -0.15) is 0 Å². The van der Waals surface area contributed by atoms with Crippen molar-refractivity contribution in [3.05, 3.63) is 65.2 Å². The molecule has 0 radical (unpaired) electrons. The van der Waals surface area contributed by atoms with Gasteiger partial charge in [0, 0.05) is 49.5 Å². The summed E-state index contributed by atoms with van der Waals surface area (Å²) >= 11 is 0. The van der Waals surface area contributed by atoms with Crippen LogP contribution < -0.4 is 4.90 Å². The molecule has 0 aliphatic carbocycles. The van der Waals surface area contributed by atoms with E-state index >= 15 is 0 Å². The molecule has 0 N–H and O–H groups in total. The molecule has 0 atom stereocenters. The first-order chi connectivity index (χ1) is 13.5. The standard InChI is InChI=1S/C22H25N3O3/c1-3-25(20-6-4-5-17(2)15-20)22(28)19-9-7-18(8-10-19)21(27)24-13-11-23(16-26)12-14-24/h4-10,15-16H,3,11-14H2,1-2H3. The van der Waals surface area contributed by atoms with Crippen molar-refractivity contribution >= 4 is 23.9 Å². The Morgan fingerprint density at radius 3 is 2.21 bits per heavy atom. The molecular formula is C22H25N3O3. The molecule has 1 heterocycles. The summed E-state index contributed by atoms with van der Waals surface area (Å²) in [6, 6.07) is 14.6. The molecule has 1 aliphatic heterocycles. The number of carbonyl (C=O) groups excluding carboxylic acids is 3. The molecule has 1 fully saturated rings. The lowest BCUT2D eigenvalue weighted by atomic mass is 10.1. The maximum atomic E-state index is 12.9. The number of benzene rings is 2. The van der Waals surface area contributed by atoms with E-state index in [1.807, 2.05) is 38.1 Å². The van der Waals surface area contributed by atoms with Gasteiger partial charge in [-0.25, -0.2) is 0 Å². The number of piperazine rings is 1. The van der Waals surface area contributed by atoms with Crippen molar-refractivity contribution in [2.24, 2.45) is 0 Å². The third kappa shape index (κ3) is 4.22. The first-order valence-corrected chi connectivity index (χ1v) is 9.50. The van der Waals surface area contributed by atoms with Crippen LogP contribution in [-0.2, 0) is 4.79 Å². The molecule has 6 nitrogen and oxygen atoms in total. The van der Waals surface area contributed by atoms with E-state index in [2.05, 4.69) is 0 Å². The highest BCUT2D eigenvalue weighted by molar-refractivity contribution is 6.06. The summed E-state index contributed by atoms with van der Waals surface area (Å²) in [5.41, 5.74) is 3.06. The summed E-state index contributed by atoms with van der Waals surface area (Å²) < 4.78 is 0. The van der Waals surface area contributed by atoms with E-state index in [4.69, 9.17) is 0 Å². The van der Waals surface area contributed by atoms with Crippen molar-refractivity contribution in [3.63, 3.8) is 0 Å². The summed E-state index contributed by atoms with van der Waals surface area (Å²) in [7, 11) is 0. The molecule has 0 spiro atoms. The molecule has 0 saturated carbocycles. The maximum absolute atomic E-state index is 12.9. The Kier molecular flexibility index (Phi) is 6.09. The second-order valence-corrected chi connectivity index (χ2v) is 6.90. The van der Waals surface area contributed by atoms with Crippen LogP contribution in [-0.4, -0.2) is 60.7 Å². The molecular weight excluding hydrogens is 354 g/mol. The maximum Gasteiger partial charge on any atom is 0.258 e. The van der Waals surface area contributed by atoms with Crippen molar-refractivity contribution in [1.82, 2.24) is 9.80 Å². The highest BCUT2D eigenvalue weighted by Gasteiger charge is 2.22. The molecule has 2 aromatic rings. The largest absolute Gasteiger partial charge is 0.342 e. The van der Waals surface area contributed by atoms with Crippen molar-refractivity contribution in [2.75, 3.05) is 37.6 Å². The predicted octanol–water partition coefficient (Wildman–Crippen LogP) is 2.58. The molecule has 1 saturated heterocycles. The van der Waals surface area contributed by atoms with Crippen LogP contribution >= 0.6 is 0 Å². The smallest absolute Gasteiger partial charge is 0.258 e. The third-order valence-corrected chi connectivity index (χ3v) is 5.00. The van der Waals surface area contributed by atoms with Gasteiger partial charge in [0.15, 0.2) is 0 Å². The Bertz CT molecular complexity index is 856. The summed E-state index contributed by atoms with van der Waals surface area (Å²) in [6.07, 6.45) is 0.815. The lowest BCUT2D eigenvalue weighted by molar-refractivity contribution is -0.119. The lowest BCUT2D eigenvalue weighted by Gasteiger charge is -2.32. The number of aryl methyl sites for hydroxylation is 1. The molecule has 1 aliphatic rings. The number of anilines is 1. The van der Waals surface area contributed by atoms with Crippen LogP contribution in [0.25, 0.3) is 0 Å². The summed E-state index contributed by atoms with van der Waals surface area (Å²) in [5.74, 6) is -0.165. The zero-order valence-electron chi connectivity index (χ0n) is 16.3. The van der Waals surface area contributed by atoms with Crippen LogP contribution in [0.4, 0.5) is 5.69 Å².